The Bertz CT molecular complexity index is 787. The lowest BCUT2D eigenvalue weighted by Gasteiger charge is -2.11. The summed E-state index contributed by atoms with van der Waals surface area (Å²) in [4.78, 5) is 16.9. The first kappa shape index (κ1) is 16.7. The van der Waals surface area contributed by atoms with Gasteiger partial charge in [0.1, 0.15) is 5.01 Å². The van der Waals surface area contributed by atoms with Crippen molar-refractivity contribution in [2.45, 2.75) is 17.9 Å². The fourth-order valence-corrected chi connectivity index (χ4v) is 3.85. The third-order valence-electron chi connectivity index (χ3n) is 3.46. The molecule has 0 saturated heterocycles. The lowest BCUT2D eigenvalue weighted by Crippen LogP contribution is -2.22. The van der Waals surface area contributed by atoms with Gasteiger partial charge < -0.3 is 5.32 Å². The number of para-hydroxylation sites is 1. The van der Waals surface area contributed by atoms with Crippen molar-refractivity contribution in [1.29, 1.82) is 0 Å². The number of carbonyl (C=O) groups is 1. The number of amides is 1. The Kier molecular flexibility index (Phi) is 5.67. The smallest absolute Gasteiger partial charge is 0.237 e. The molecular formula is C19H18N2OS2. The van der Waals surface area contributed by atoms with Crippen molar-refractivity contribution in [3.63, 3.8) is 0 Å². The molecule has 0 saturated carbocycles. The number of thiazole rings is 1. The normalized spacial score (nSPS) is 11.9. The minimum Gasteiger partial charge on any atom is -0.325 e. The molecule has 1 heterocycles. The molecule has 0 radical (unpaired) electrons. The number of carbonyl (C=O) groups excluding carboxylic acids is 1. The minimum absolute atomic E-state index is 0.0183. The number of aromatic nitrogens is 1. The number of hydrogen-bond donors (Lipinski definition) is 1. The zero-order valence-electron chi connectivity index (χ0n) is 13.3. The molecule has 3 nitrogen and oxygen atoms in total. The van der Waals surface area contributed by atoms with Crippen molar-refractivity contribution in [1.82, 2.24) is 4.98 Å². The summed E-state index contributed by atoms with van der Waals surface area (Å²) >= 11 is 3.24. The van der Waals surface area contributed by atoms with Crippen LogP contribution in [0.3, 0.4) is 0 Å². The van der Waals surface area contributed by atoms with Gasteiger partial charge in [-0.2, -0.15) is 0 Å². The van der Waals surface area contributed by atoms with E-state index in [1.54, 1.807) is 23.1 Å². The van der Waals surface area contributed by atoms with Gasteiger partial charge in [-0.3, -0.25) is 4.79 Å². The van der Waals surface area contributed by atoms with Gasteiger partial charge in [0.05, 0.1) is 10.9 Å². The van der Waals surface area contributed by atoms with E-state index in [1.807, 2.05) is 55.5 Å². The maximum Gasteiger partial charge on any atom is 0.237 e. The number of benzene rings is 2. The average Bonchev–Trinajstić information content (AvgIpc) is 3.10. The van der Waals surface area contributed by atoms with Gasteiger partial charge in [-0.25, -0.2) is 4.98 Å². The van der Waals surface area contributed by atoms with Crippen molar-refractivity contribution in [3.05, 3.63) is 71.7 Å². The summed E-state index contributed by atoms with van der Waals surface area (Å²) in [5, 5.41) is 5.89. The van der Waals surface area contributed by atoms with E-state index in [1.165, 1.54) is 0 Å². The lowest BCUT2D eigenvalue weighted by atomic mass is 10.2. The molecule has 1 atom stereocenters. The summed E-state index contributed by atoms with van der Waals surface area (Å²) in [6, 6.07) is 19.7. The monoisotopic (exact) mass is 354 g/mol. The van der Waals surface area contributed by atoms with Gasteiger partial charge in [0.15, 0.2) is 0 Å². The molecule has 3 rings (SSSR count). The molecule has 0 aliphatic rings. The van der Waals surface area contributed by atoms with E-state index in [4.69, 9.17) is 0 Å². The molecule has 0 aliphatic carbocycles. The quantitative estimate of drug-likeness (QED) is 0.672. The second kappa shape index (κ2) is 8.13. The molecule has 24 heavy (non-hydrogen) atoms. The molecule has 0 bridgehead atoms. The van der Waals surface area contributed by atoms with E-state index in [9.17, 15) is 4.79 Å². The second-order valence-electron chi connectivity index (χ2n) is 5.32. The van der Waals surface area contributed by atoms with E-state index in [-0.39, 0.29) is 11.2 Å². The summed E-state index contributed by atoms with van der Waals surface area (Å²) in [5.74, 6) is 0.747. The molecule has 0 spiro atoms. The van der Waals surface area contributed by atoms with Crippen LogP contribution in [0.2, 0.25) is 0 Å². The average molecular weight is 355 g/mol. The first-order chi connectivity index (χ1) is 11.7. The maximum atomic E-state index is 12.2. The number of thioether (sulfide) groups is 1. The highest BCUT2D eigenvalue weighted by atomic mass is 32.2. The molecule has 1 aromatic heterocycles. The standard InChI is InChI=1S/C19H18N2OS2/c1-14(18(22)20-16-10-6-3-7-11-16)23-12-17-13-24-19(21-17)15-8-4-2-5-9-15/h2-11,13-14H,12H2,1H3,(H,20,22). The van der Waals surface area contributed by atoms with Gasteiger partial charge in [0.2, 0.25) is 5.91 Å². The number of anilines is 1. The molecule has 5 heteroatoms. The third kappa shape index (κ3) is 4.46. The number of nitrogens with one attached hydrogen (secondary N) is 1. The predicted molar refractivity (Wildman–Crippen MR) is 103 cm³/mol. The van der Waals surface area contributed by atoms with Crippen LogP contribution in [-0.4, -0.2) is 16.1 Å². The van der Waals surface area contributed by atoms with Gasteiger partial charge in [-0.1, -0.05) is 48.5 Å². The Morgan fingerprint density at radius 3 is 2.50 bits per heavy atom. The number of hydrogen-bond acceptors (Lipinski definition) is 4. The highest BCUT2D eigenvalue weighted by molar-refractivity contribution is 7.99. The van der Waals surface area contributed by atoms with Gasteiger partial charge in [-0.15, -0.1) is 23.1 Å². The number of rotatable bonds is 6. The highest BCUT2D eigenvalue weighted by Crippen LogP contribution is 2.26. The van der Waals surface area contributed by atoms with E-state index >= 15 is 0 Å². The Morgan fingerprint density at radius 1 is 1.12 bits per heavy atom. The fourth-order valence-electron chi connectivity index (χ4n) is 2.14. The Balaban J connectivity index is 1.54. The molecule has 1 unspecified atom stereocenters. The van der Waals surface area contributed by atoms with Gasteiger partial charge in [0, 0.05) is 22.4 Å². The van der Waals surface area contributed by atoms with Gasteiger partial charge >= 0.3 is 0 Å². The van der Waals surface area contributed by atoms with Crippen LogP contribution in [0.5, 0.6) is 0 Å². The summed E-state index contributed by atoms with van der Waals surface area (Å²) in [6.07, 6.45) is 0. The fraction of sp³-hybridized carbons (Fsp3) is 0.158. The lowest BCUT2D eigenvalue weighted by molar-refractivity contribution is -0.115. The van der Waals surface area contributed by atoms with Crippen LogP contribution in [0.4, 0.5) is 5.69 Å². The SMILES string of the molecule is CC(SCc1csc(-c2ccccc2)n1)C(=O)Nc1ccccc1. The van der Waals surface area contributed by atoms with E-state index in [0.717, 1.165) is 27.7 Å². The summed E-state index contributed by atoms with van der Waals surface area (Å²) in [7, 11) is 0. The van der Waals surface area contributed by atoms with Crippen LogP contribution >= 0.6 is 23.1 Å². The number of nitrogens with zero attached hydrogens (tertiary/aromatic N) is 1. The van der Waals surface area contributed by atoms with Crippen LogP contribution in [0.25, 0.3) is 10.6 Å². The molecule has 0 fully saturated rings. The zero-order valence-corrected chi connectivity index (χ0v) is 14.9. The Morgan fingerprint density at radius 2 is 1.79 bits per heavy atom. The topological polar surface area (TPSA) is 42.0 Å². The molecule has 1 N–H and O–H groups in total. The first-order valence-electron chi connectivity index (χ1n) is 7.70. The van der Waals surface area contributed by atoms with E-state index in [0.29, 0.717) is 0 Å². The molecule has 0 aliphatic heterocycles. The third-order valence-corrected chi connectivity index (χ3v) is 5.58. The van der Waals surface area contributed by atoms with Crippen LogP contribution in [-0.2, 0) is 10.5 Å². The van der Waals surface area contributed by atoms with Gasteiger partial charge in [-0.05, 0) is 19.1 Å². The first-order valence-corrected chi connectivity index (χ1v) is 9.62. The van der Waals surface area contributed by atoms with Crippen molar-refractivity contribution in [2.24, 2.45) is 0 Å². The van der Waals surface area contributed by atoms with Gasteiger partial charge in [0.25, 0.3) is 0 Å². The minimum atomic E-state index is -0.132. The summed E-state index contributed by atoms with van der Waals surface area (Å²) in [6.45, 7) is 1.92. The van der Waals surface area contributed by atoms with Crippen LogP contribution in [0, 0.1) is 0 Å². The molecular weight excluding hydrogens is 336 g/mol. The summed E-state index contributed by atoms with van der Waals surface area (Å²) < 4.78 is 0. The maximum absolute atomic E-state index is 12.2. The van der Waals surface area contributed by atoms with E-state index in [2.05, 4.69) is 27.8 Å². The second-order valence-corrected chi connectivity index (χ2v) is 7.51. The van der Waals surface area contributed by atoms with Crippen LogP contribution in [0.15, 0.2) is 66.0 Å². The molecule has 3 aromatic rings. The van der Waals surface area contributed by atoms with Crippen molar-refractivity contribution >= 4 is 34.7 Å². The van der Waals surface area contributed by atoms with E-state index < -0.39 is 0 Å². The molecule has 2 aromatic carbocycles. The Labute approximate surface area is 150 Å². The highest BCUT2D eigenvalue weighted by Gasteiger charge is 2.14. The van der Waals surface area contributed by atoms with Crippen molar-refractivity contribution in [2.75, 3.05) is 5.32 Å². The largest absolute Gasteiger partial charge is 0.325 e. The van der Waals surface area contributed by atoms with Crippen LogP contribution < -0.4 is 5.32 Å². The molecule has 1 amide bonds. The van der Waals surface area contributed by atoms with Crippen molar-refractivity contribution < 1.29 is 4.79 Å². The summed E-state index contributed by atoms with van der Waals surface area (Å²) in [5.41, 5.74) is 2.98. The zero-order chi connectivity index (χ0) is 16.8. The van der Waals surface area contributed by atoms with Crippen LogP contribution in [0.1, 0.15) is 12.6 Å². The van der Waals surface area contributed by atoms with Crippen molar-refractivity contribution in [3.8, 4) is 10.6 Å². The molecule has 122 valence electrons. The predicted octanol–water partition coefficient (Wildman–Crippen LogP) is 5.07. The Hall–Kier alpha value is -2.11.